The average molecular weight is 366 g/mol. The van der Waals surface area contributed by atoms with Crippen molar-refractivity contribution in [3.8, 4) is 5.75 Å². The van der Waals surface area contributed by atoms with Gasteiger partial charge in [-0.25, -0.2) is 9.97 Å². The summed E-state index contributed by atoms with van der Waals surface area (Å²) in [6.07, 6.45) is 5.61. The van der Waals surface area contributed by atoms with Gasteiger partial charge in [0.2, 0.25) is 5.91 Å². The number of para-hydroxylation sites is 1. The molecule has 1 saturated heterocycles. The highest BCUT2D eigenvalue weighted by Crippen LogP contribution is 2.35. The van der Waals surface area contributed by atoms with Gasteiger partial charge in [-0.3, -0.25) is 9.69 Å². The minimum Gasteiger partial charge on any atom is -0.485 e. The molecule has 27 heavy (non-hydrogen) atoms. The molecule has 0 bridgehead atoms. The molecule has 1 aromatic heterocycles. The van der Waals surface area contributed by atoms with Crippen molar-refractivity contribution in [1.29, 1.82) is 0 Å². The van der Waals surface area contributed by atoms with Crippen LogP contribution < -0.4 is 4.74 Å². The Morgan fingerprint density at radius 1 is 1.19 bits per heavy atom. The molecule has 2 aromatic rings. The van der Waals surface area contributed by atoms with E-state index in [4.69, 9.17) is 4.74 Å². The summed E-state index contributed by atoms with van der Waals surface area (Å²) in [6, 6.07) is 8.08. The van der Waals surface area contributed by atoms with Gasteiger partial charge in [0.1, 0.15) is 17.2 Å². The number of ether oxygens (including phenoxy) is 1. The van der Waals surface area contributed by atoms with Crippen molar-refractivity contribution in [2.45, 2.75) is 45.4 Å². The molecule has 4 rings (SSSR count). The largest absolute Gasteiger partial charge is 0.485 e. The minimum atomic E-state index is -0.307. The summed E-state index contributed by atoms with van der Waals surface area (Å²) in [5, 5.41) is 0. The van der Waals surface area contributed by atoms with Crippen LogP contribution in [-0.4, -0.2) is 50.9 Å². The molecular formula is C21H26N4O2. The molecule has 0 N–H and O–H groups in total. The third-order valence-electron chi connectivity index (χ3n) is 5.59. The third kappa shape index (κ3) is 3.95. The van der Waals surface area contributed by atoms with Gasteiger partial charge < -0.3 is 9.64 Å². The molecule has 1 aromatic carbocycles. The Bertz CT molecular complexity index is 813. The van der Waals surface area contributed by atoms with Crippen LogP contribution in [0.25, 0.3) is 0 Å². The van der Waals surface area contributed by atoms with Gasteiger partial charge in [0.15, 0.2) is 0 Å². The number of aromatic nitrogens is 2. The summed E-state index contributed by atoms with van der Waals surface area (Å²) >= 11 is 0. The first-order valence-corrected chi connectivity index (χ1v) is 9.55. The summed E-state index contributed by atoms with van der Waals surface area (Å²) in [4.78, 5) is 25.1. The van der Waals surface area contributed by atoms with Gasteiger partial charge in [0, 0.05) is 69.5 Å². The molecule has 0 aliphatic carbocycles. The average Bonchev–Trinajstić information content (AvgIpc) is 2.82. The Hall–Kier alpha value is -2.47. The highest BCUT2D eigenvalue weighted by atomic mass is 16.5. The second-order valence-corrected chi connectivity index (χ2v) is 7.68. The van der Waals surface area contributed by atoms with E-state index < -0.39 is 0 Å². The van der Waals surface area contributed by atoms with Crippen LogP contribution >= 0.6 is 0 Å². The Kier molecular flexibility index (Phi) is 4.83. The number of fused-ring (bicyclic) bond motifs is 1. The minimum absolute atomic E-state index is 0.105. The van der Waals surface area contributed by atoms with Gasteiger partial charge in [0.05, 0.1) is 6.54 Å². The number of amides is 1. The lowest BCUT2D eigenvalue weighted by molar-refractivity contribution is -0.132. The zero-order valence-corrected chi connectivity index (χ0v) is 16.0. The first-order chi connectivity index (χ1) is 13.0. The number of likely N-dealkylation sites (tertiary alicyclic amines) is 1. The van der Waals surface area contributed by atoms with Crippen molar-refractivity contribution in [3.63, 3.8) is 0 Å². The van der Waals surface area contributed by atoms with E-state index in [1.54, 1.807) is 6.92 Å². The normalized spacial score (nSPS) is 19.3. The predicted molar refractivity (Wildman–Crippen MR) is 102 cm³/mol. The molecule has 2 aliphatic heterocycles. The summed E-state index contributed by atoms with van der Waals surface area (Å²) in [7, 11) is 0. The predicted octanol–water partition coefficient (Wildman–Crippen LogP) is 2.56. The summed E-state index contributed by atoms with van der Waals surface area (Å²) in [5.74, 6) is 1.82. The zero-order chi connectivity index (χ0) is 18.9. The lowest BCUT2D eigenvalue weighted by Crippen LogP contribution is -2.53. The Morgan fingerprint density at radius 2 is 1.89 bits per heavy atom. The number of hydrogen-bond donors (Lipinski definition) is 0. The highest BCUT2D eigenvalue weighted by molar-refractivity contribution is 5.73. The smallest absolute Gasteiger partial charge is 0.219 e. The standard InChI is InChI=1S/C21H26N4O2/c1-16-22-11-18(12-23-16)13-24-9-7-21(8-10-24)15-25(17(2)26)14-19-5-3-4-6-20(19)27-21/h3-6,11-12H,7-10,13-15H2,1-2H3. The van der Waals surface area contributed by atoms with Gasteiger partial charge >= 0.3 is 0 Å². The topological polar surface area (TPSA) is 58.6 Å². The van der Waals surface area contributed by atoms with Crippen LogP contribution in [0.3, 0.4) is 0 Å². The van der Waals surface area contributed by atoms with Crippen LogP contribution in [0.1, 0.15) is 36.7 Å². The van der Waals surface area contributed by atoms with Gasteiger partial charge in [-0.1, -0.05) is 18.2 Å². The van der Waals surface area contributed by atoms with E-state index in [-0.39, 0.29) is 11.5 Å². The SMILES string of the molecule is CC(=O)N1Cc2ccccc2OC2(CCN(Cc3cnc(C)nc3)CC2)C1. The monoisotopic (exact) mass is 366 g/mol. The Morgan fingerprint density at radius 3 is 2.59 bits per heavy atom. The Labute approximate surface area is 160 Å². The van der Waals surface area contributed by atoms with Gasteiger partial charge in [-0.15, -0.1) is 0 Å². The van der Waals surface area contributed by atoms with Crippen LogP contribution in [0.5, 0.6) is 5.75 Å². The van der Waals surface area contributed by atoms with Crippen LogP contribution in [0.2, 0.25) is 0 Å². The number of nitrogens with zero attached hydrogens (tertiary/aromatic N) is 4. The maximum atomic E-state index is 12.2. The summed E-state index contributed by atoms with van der Waals surface area (Å²) in [5.41, 5.74) is 1.91. The lowest BCUT2D eigenvalue weighted by Gasteiger charge is -2.42. The van der Waals surface area contributed by atoms with Crippen molar-refractivity contribution >= 4 is 5.91 Å². The molecule has 1 fully saturated rings. The first kappa shape index (κ1) is 17.9. The van der Waals surface area contributed by atoms with Crippen molar-refractivity contribution < 1.29 is 9.53 Å². The van der Waals surface area contributed by atoms with E-state index in [2.05, 4.69) is 20.9 Å². The molecule has 3 heterocycles. The second kappa shape index (κ2) is 7.27. The van der Waals surface area contributed by atoms with Crippen molar-refractivity contribution in [3.05, 3.63) is 53.6 Å². The fraction of sp³-hybridized carbons (Fsp3) is 0.476. The quantitative estimate of drug-likeness (QED) is 0.818. The van der Waals surface area contributed by atoms with E-state index in [0.717, 1.165) is 55.2 Å². The van der Waals surface area contributed by atoms with Crippen molar-refractivity contribution in [2.24, 2.45) is 0 Å². The number of carbonyl (C=O) groups excluding carboxylic acids is 1. The summed E-state index contributed by atoms with van der Waals surface area (Å²) in [6.45, 7) is 7.54. The van der Waals surface area contributed by atoms with E-state index in [0.29, 0.717) is 13.1 Å². The number of benzene rings is 1. The maximum absolute atomic E-state index is 12.2. The van der Waals surface area contributed by atoms with Crippen LogP contribution in [-0.2, 0) is 17.9 Å². The molecule has 142 valence electrons. The van der Waals surface area contributed by atoms with Gasteiger partial charge in [-0.05, 0) is 13.0 Å². The molecule has 0 radical (unpaired) electrons. The van der Waals surface area contributed by atoms with E-state index >= 15 is 0 Å². The number of carbonyl (C=O) groups is 1. The molecule has 0 saturated carbocycles. The Balaban J connectivity index is 1.48. The zero-order valence-electron chi connectivity index (χ0n) is 16.0. The molecule has 6 nitrogen and oxygen atoms in total. The first-order valence-electron chi connectivity index (χ1n) is 9.55. The molecule has 0 unspecified atom stereocenters. The number of piperidine rings is 1. The number of hydrogen-bond acceptors (Lipinski definition) is 5. The van der Waals surface area contributed by atoms with Gasteiger partial charge in [0.25, 0.3) is 0 Å². The van der Waals surface area contributed by atoms with E-state index in [9.17, 15) is 4.79 Å². The molecule has 1 spiro atoms. The van der Waals surface area contributed by atoms with Crippen molar-refractivity contribution in [2.75, 3.05) is 19.6 Å². The molecule has 1 amide bonds. The second-order valence-electron chi connectivity index (χ2n) is 7.68. The van der Waals surface area contributed by atoms with Crippen LogP contribution in [0.15, 0.2) is 36.7 Å². The highest BCUT2D eigenvalue weighted by Gasteiger charge is 2.41. The van der Waals surface area contributed by atoms with E-state index in [1.165, 1.54) is 0 Å². The molecular weight excluding hydrogens is 340 g/mol. The summed E-state index contributed by atoms with van der Waals surface area (Å²) < 4.78 is 6.53. The van der Waals surface area contributed by atoms with E-state index in [1.807, 2.05) is 42.4 Å². The fourth-order valence-corrected chi connectivity index (χ4v) is 3.97. The van der Waals surface area contributed by atoms with Crippen LogP contribution in [0, 0.1) is 6.92 Å². The van der Waals surface area contributed by atoms with Crippen LogP contribution in [0.4, 0.5) is 0 Å². The van der Waals surface area contributed by atoms with Crippen molar-refractivity contribution in [1.82, 2.24) is 19.8 Å². The fourth-order valence-electron chi connectivity index (χ4n) is 3.97. The molecule has 0 atom stereocenters. The third-order valence-corrected chi connectivity index (χ3v) is 5.59. The molecule has 2 aliphatic rings. The molecule has 6 heteroatoms. The maximum Gasteiger partial charge on any atom is 0.219 e. The lowest BCUT2D eigenvalue weighted by atomic mass is 9.90. The number of aryl methyl sites for hydroxylation is 1. The number of rotatable bonds is 2. The van der Waals surface area contributed by atoms with Gasteiger partial charge in [-0.2, -0.15) is 0 Å².